The summed E-state index contributed by atoms with van der Waals surface area (Å²) in [5.74, 6) is 7.22. The molecule has 0 aromatic heterocycles. The Hall–Kier alpha value is -1.38. The predicted octanol–water partition coefficient (Wildman–Crippen LogP) is 3.00. The number of hydrazine groups is 1. The molecule has 3 unspecified atom stereocenters. The molecule has 3 atom stereocenters. The van der Waals surface area contributed by atoms with Gasteiger partial charge in [-0.1, -0.05) is 49.4 Å². The minimum atomic E-state index is 0.288. The molecule has 2 aromatic carbocycles. The van der Waals surface area contributed by atoms with E-state index in [1.54, 1.807) is 0 Å². The summed E-state index contributed by atoms with van der Waals surface area (Å²) in [4.78, 5) is 0. The number of hydrogen-bond donors (Lipinski definition) is 2. The molecule has 1 aliphatic carbocycles. The highest BCUT2D eigenvalue weighted by Gasteiger charge is 2.40. The maximum Gasteiger partial charge on any atom is 0.0496 e. The molecule has 3 N–H and O–H groups in total. The average molecular weight is 226 g/mol. The quantitative estimate of drug-likeness (QED) is 0.623. The third-order valence-electron chi connectivity index (χ3n) is 3.94. The maximum absolute atomic E-state index is 5.75. The monoisotopic (exact) mass is 226 g/mol. The molecule has 0 heterocycles. The van der Waals surface area contributed by atoms with Crippen LogP contribution in [0.3, 0.4) is 0 Å². The van der Waals surface area contributed by atoms with Gasteiger partial charge in [0.15, 0.2) is 0 Å². The molecule has 17 heavy (non-hydrogen) atoms. The van der Waals surface area contributed by atoms with E-state index in [9.17, 15) is 0 Å². The third kappa shape index (κ3) is 1.84. The molecule has 1 aliphatic rings. The predicted molar refractivity (Wildman–Crippen MR) is 71.3 cm³/mol. The molecular formula is C15H18N2. The topological polar surface area (TPSA) is 38.0 Å². The van der Waals surface area contributed by atoms with E-state index < -0.39 is 0 Å². The van der Waals surface area contributed by atoms with Crippen molar-refractivity contribution in [3.63, 3.8) is 0 Å². The first kappa shape index (κ1) is 10.8. The lowest BCUT2D eigenvalue weighted by Gasteiger charge is -2.18. The van der Waals surface area contributed by atoms with Gasteiger partial charge in [0, 0.05) is 6.04 Å². The third-order valence-corrected chi connectivity index (χ3v) is 3.94. The summed E-state index contributed by atoms with van der Waals surface area (Å²) in [6.07, 6.45) is 1.28. The van der Waals surface area contributed by atoms with Gasteiger partial charge in [-0.2, -0.15) is 0 Å². The molecule has 1 saturated carbocycles. The zero-order chi connectivity index (χ0) is 11.8. The van der Waals surface area contributed by atoms with Crippen LogP contribution in [0.2, 0.25) is 0 Å². The Morgan fingerprint density at radius 1 is 1.18 bits per heavy atom. The minimum Gasteiger partial charge on any atom is -0.271 e. The number of nitrogens with one attached hydrogen (secondary N) is 1. The molecule has 3 rings (SSSR count). The highest BCUT2D eigenvalue weighted by atomic mass is 15.2. The molecule has 0 radical (unpaired) electrons. The maximum atomic E-state index is 5.75. The fourth-order valence-corrected chi connectivity index (χ4v) is 2.78. The fourth-order valence-electron chi connectivity index (χ4n) is 2.78. The van der Waals surface area contributed by atoms with Crippen molar-refractivity contribution in [3.05, 3.63) is 48.0 Å². The van der Waals surface area contributed by atoms with Gasteiger partial charge in [-0.25, -0.2) is 0 Å². The number of fused-ring (bicyclic) bond motifs is 1. The van der Waals surface area contributed by atoms with E-state index >= 15 is 0 Å². The van der Waals surface area contributed by atoms with E-state index in [-0.39, 0.29) is 6.04 Å². The van der Waals surface area contributed by atoms with Crippen LogP contribution in [0.25, 0.3) is 10.8 Å². The van der Waals surface area contributed by atoms with Crippen LogP contribution < -0.4 is 11.3 Å². The van der Waals surface area contributed by atoms with Gasteiger partial charge in [-0.05, 0) is 34.6 Å². The van der Waals surface area contributed by atoms with Crippen molar-refractivity contribution in [2.45, 2.75) is 19.4 Å². The molecule has 2 heteroatoms. The minimum absolute atomic E-state index is 0.288. The normalized spacial score (nSPS) is 24.8. The summed E-state index contributed by atoms with van der Waals surface area (Å²) in [6, 6.07) is 15.3. The van der Waals surface area contributed by atoms with E-state index in [0.717, 1.165) is 5.92 Å². The highest BCUT2D eigenvalue weighted by Crippen LogP contribution is 2.47. The molecule has 0 amide bonds. The van der Waals surface area contributed by atoms with Crippen LogP contribution in [-0.4, -0.2) is 0 Å². The summed E-state index contributed by atoms with van der Waals surface area (Å²) in [6.45, 7) is 2.29. The van der Waals surface area contributed by atoms with Crippen LogP contribution >= 0.6 is 0 Å². The smallest absolute Gasteiger partial charge is 0.0496 e. The van der Waals surface area contributed by atoms with Crippen molar-refractivity contribution in [1.29, 1.82) is 0 Å². The van der Waals surface area contributed by atoms with Crippen LogP contribution in [-0.2, 0) is 0 Å². The molecule has 0 saturated heterocycles. The lowest BCUT2D eigenvalue weighted by atomic mass is 9.95. The van der Waals surface area contributed by atoms with Crippen molar-refractivity contribution in [1.82, 2.24) is 5.43 Å². The van der Waals surface area contributed by atoms with Gasteiger partial charge in [-0.15, -0.1) is 0 Å². The SMILES string of the molecule is CC1CC1C(NN)c1cccc2ccccc12. The van der Waals surface area contributed by atoms with E-state index in [4.69, 9.17) is 5.84 Å². The zero-order valence-corrected chi connectivity index (χ0v) is 10.1. The van der Waals surface area contributed by atoms with Gasteiger partial charge in [0.05, 0.1) is 0 Å². The number of nitrogens with two attached hydrogens (primary N) is 1. The molecular weight excluding hydrogens is 208 g/mol. The second-order valence-electron chi connectivity index (χ2n) is 5.09. The average Bonchev–Trinajstić information content (AvgIpc) is 3.08. The summed E-state index contributed by atoms with van der Waals surface area (Å²) in [5, 5.41) is 2.61. The molecule has 2 nitrogen and oxygen atoms in total. The van der Waals surface area contributed by atoms with E-state index in [2.05, 4.69) is 54.8 Å². The standard InChI is InChI=1S/C15H18N2/c1-10-9-14(10)15(17-16)13-8-4-6-11-5-2-3-7-12(11)13/h2-8,10,14-15,17H,9,16H2,1H3. The Kier molecular flexibility index (Phi) is 2.61. The zero-order valence-electron chi connectivity index (χ0n) is 10.1. The van der Waals surface area contributed by atoms with Crippen molar-refractivity contribution in [2.24, 2.45) is 17.7 Å². The van der Waals surface area contributed by atoms with Crippen LogP contribution in [0.15, 0.2) is 42.5 Å². The van der Waals surface area contributed by atoms with Crippen LogP contribution in [0.5, 0.6) is 0 Å². The largest absolute Gasteiger partial charge is 0.271 e. The number of rotatable bonds is 3. The van der Waals surface area contributed by atoms with Gasteiger partial charge in [-0.3, -0.25) is 11.3 Å². The van der Waals surface area contributed by atoms with Gasteiger partial charge in [0.2, 0.25) is 0 Å². The molecule has 88 valence electrons. The Labute approximate surface area is 102 Å². The van der Waals surface area contributed by atoms with Gasteiger partial charge >= 0.3 is 0 Å². The summed E-state index contributed by atoms with van der Waals surface area (Å²) < 4.78 is 0. The first-order valence-corrected chi connectivity index (χ1v) is 6.25. The van der Waals surface area contributed by atoms with Crippen molar-refractivity contribution >= 4 is 10.8 Å². The molecule has 2 aromatic rings. The van der Waals surface area contributed by atoms with Crippen LogP contribution in [0.4, 0.5) is 0 Å². The fraction of sp³-hybridized carbons (Fsp3) is 0.333. The molecule has 0 spiro atoms. The Balaban J connectivity index is 2.09. The number of hydrogen-bond acceptors (Lipinski definition) is 2. The Bertz CT molecular complexity index is 530. The molecule has 1 fully saturated rings. The number of benzene rings is 2. The summed E-state index contributed by atoms with van der Waals surface area (Å²) >= 11 is 0. The van der Waals surface area contributed by atoms with E-state index in [1.165, 1.54) is 22.8 Å². The van der Waals surface area contributed by atoms with Gasteiger partial charge < -0.3 is 0 Å². The van der Waals surface area contributed by atoms with Crippen LogP contribution in [0, 0.1) is 11.8 Å². The first-order valence-electron chi connectivity index (χ1n) is 6.25. The van der Waals surface area contributed by atoms with Gasteiger partial charge in [0.1, 0.15) is 0 Å². The highest BCUT2D eigenvalue weighted by molar-refractivity contribution is 5.86. The van der Waals surface area contributed by atoms with Crippen molar-refractivity contribution < 1.29 is 0 Å². The molecule has 0 aliphatic heterocycles. The molecule has 0 bridgehead atoms. The Morgan fingerprint density at radius 2 is 1.88 bits per heavy atom. The van der Waals surface area contributed by atoms with Crippen LogP contribution in [0.1, 0.15) is 24.9 Å². The summed E-state index contributed by atoms with van der Waals surface area (Å²) in [7, 11) is 0. The van der Waals surface area contributed by atoms with Crippen molar-refractivity contribution in [2.75, 3.05) is 0 Å². The van der Waals surface area contributed by atoms with E-state index in [0.29, 0.717) is 5.92 Å². The van der Waals surface area contributed by atoms with Crippen molar-refractivity contribution in [3.8, 4) is 0 Å². The summed E-state index contributed by atoms with van der Waals surface area (Å²) in [5.41, 5.74) is 4.34. The lowest BCUT2D eigenvalue weighted by Crippen LogP contribution is -2.30. The second kappa shape index (κ2) is 4.13. The Morgan fingerprint density at radius 3 is 2.59 bits per heavy atom. The lowest BCUT2D eigenvalue weighted by molar-refractivity contribution is 0.479. The first-order chi connectivity index (χ1) is 8.31. The van der Waals surface area contributed by atoms with E-state index in [1.807, 2.05) is 0 Å². The second-order valence-corrected chi connectivity index (χ2v) is 5.09. The van der Waals surface area contributed by atoms with Gasteiger partial charge in [0.25, 0.3) is 0 Å².